The Labute approximate surface area is 132 Å². The Kier molecular flexibility index (Phi) is 4.44. The largest absolute Gasteiger partial charge is 0.383 e. The molecule has 0 saturated heterocycles. The molecule has 0 radical (unpaired) electrons. The van der Waals surface area contributed by atoms with Gasteiger partial charge in [-0.3, -0.25) is 15.4 Å². The van der Waals surface area contributed by atoms with Crippen LogP contribution in [0.1, 0.15) is 0 Å². The average Bonchev–Trinajstić information content (AvgIpc) is 3.09. The van der Waals surface area contributed by atoms with Crippen LogP contribution >= 0.6 is 0 Å². The maximum Gasteiger partial charge on any atom is 0.320 e. The summed E-state index contributed by atoms with van der Waals surface area (Å²) >= 11 is 0. The molecule has 0 saturated carbocycles. The minimum atomic E-state index is -0.326. The highest BCUT2D eigenvalue weighted by molar-refractivity contribution is 5.90. The van der Waals surface area contributed by atoms with Gasteiger partial charge in [-0.25, -0.2) is 9.78 Å². The second kappa shape index (κ2) is 6.84. The van der Waals surface area contributed by atoms with Crippen LogP contribution in [-0.2, 0) is 4.74 Å². The first kappa shape index (κ1) is 14.9. The van der Waals surface area contributed by atoms with Crippen LogP contribution in [0.3, 0.4) is 0 Å². The molecule has 0 unspecified atom stereocenters. The lowest BCUT2D eigenvalue weighted by Crippen LogP contribution is -2.31. The molecular formula is C15H16N6O2. The van der Waals surface area contributed by atoms with Gasteiger partial charge in [-0.05, 0) is 18.2 Å². The Morgan fingerprint density at radius 3 is 2.96 bits per heavy atom. The third kappa shape index (κ3) is 3.61. The molecule has 3 aromatic heterocycles. The number of aromatic amines is 1. The third-order valence-corrected chi connectivity index (χ3v) is 3.20. The SMILES string of the molecule is COCCNC(=O)Nc1ccc2ncc(-c3cn[nH]c3)cc2n1. The van der Waals surface area contributed by atoms with Crippen molar-refractivity contribution in [2.45, 2.75) is 0 Å². The topological polar surface area (TPSA) is 105 Å². The summed E-state index contributed by atoms with van der Waals surface area (Å²) in [5.74, 6) is 0.457. The van der Waals surface area contributed by atoms with Crippen LogP contribution in [0.15, 0.2) is 36.8 Å². The Bertz CT molecular complexity index is 803. The van der Waals surface area contributed by atoms with Crippen molar-refractivity contribution in [1.82, 2.24) is 25.5 Å². The molecule has 0 aromatic carbocycles. The van der Waals surface area contributed by atoms with E-state index in [2.05, 4.69) is 30.8 Å². The lowest BCUT2D eigenvalue weighted by molar-refractivity contribution is 0.198. The third-order valence-electron chi connectivity index (χ3n) is 3.20. The van der Waals surface area contributed by atoms with Crippen LogP contribution < -0.4 is 10.6 Å². The maximum absolute atomic E-state index is 11.7. The smallest absolute Gasteiger partial charge is 0.320 e. The second-order valence-corrected chi connectivity index (χ2v) is 4.82. The molecule has 2 amide bonds. The van der Waals surface area contributed by atoms with E-state index in [9.17, 15) is 4.79 Å². The van der Waals surface area contributed by atoms with Crippen molar-refractivity contribution in [3.63, 3.8) is 0 Å². The molecule has 0 fully saturated rings. The van der Waals surface area contributed by atoms with Gasteiger partial charge in [0.25, 0.3) is 0 Å². The van der Waals surface area contributed by atoms with Crippen molar-refractivity contribution in [2.24, 2.45) is 0 Å². The van der Waals surface area contributed by atoms with Crippen molar-refractivity contribution in [3.05, 3.63) is 36.8 Å². The number of ether oxygens (including phenoxy) is 1. The lowest BCUT2D eigenvalue weighted by Gasteiger charge is -2.07. The molecule has 3 rings (SSSR count). The van der Waals surface area contributed by atoms with Gasteiger partial charge in [-0.15, -0.1) is 0 Å². The average molecular weight is 312 g/mol. The van der Waals surface area contributed by atoms with Gasteiger partial charge in [-0.2, -0.15) is 5.10 Å². The molecular weight excluding hydrogens is 296 g/mol. The van der Waals surface area contributed by atoms with Crippen LogP contribution in [0.2, 0.25) is 0 Å². The van der Waals surface area contributed by atoms with Crippen molar-refractivity contribution in [1.29, 1.82) is 0 Å². The molecule has 3 aromatic rings. The highest BCUT2D eigenvalue weighted by Gasteiger charge is 2.06. The molecule has 0 atom stereocenters. The van der Waals surface area contributed by atoms with Gasteiger partial charge in [0.05, 0.1) is 23.8 Å². The molecule has 3 heterocycles. The van der Waals surface area contributed by atoms with E-state index in [4.69, 9.17) is 4.74 Å². The fourth-order valence-corrected chi connectivity index (χ4v) is 2.07. The van der Waals surface area contributed by atoms with Gasteiger partial charge >= 0.3 is 6.03 Å². The van der Waals surface area contributed by atoms with Gasteiger partial charge in [0.1, 0.15) is 5.82 Å². The van der Waals surface area contributed by atoms with Crippen LogP contribution in [0.25, 0.3) is 22.2 Å². The van der Waals surface area contributed by atoms with Crippen molar-refractivity contribution >= 4 is 22.9 Å². The molecule has 8 heteroatoms. The minimum Gasteiger partial charge on any atom is -0.383 e. The van der Waals surface area contributed by atoms with Gasteiger partial charge in [0, 0.05) is 37.2 Å². The van der Waals surface area contributed by atoms with E-state index in [1.54, 1.807) is 31.8 Å². The fraction of sp³-hybridized carbons (Fsp3) is 0.200. The fourth-order valence-electron chi connectivity index (χ4n) is 2.07. The molecule has 0 spiro atoms. The standard InChI is InChI=1S/C15H16N6O2/c1-23-5-4-16-15(22)21-14-3-2-12-13(20-14)6-10(7-17-12)11-8-18-19-9-11/h2-3,6-9H,4-5H2,1H3,(H,18,19)(H2,16,20,21,22). The molecule has 3 N–H and O–H groups in total. The van der Waals surface area contributed by atoms with Crippen LogP contribution in [0.5, 0.6) is 0 Å². The zero-order valence-corrected chi connectivity index (χ0v) is 12.5. The maximum atomic E-state index is 11.7. The Hall–Kier alpha value is -3.00. The molecule has 0 bridgehead atoms. The first-order valence-corrected chi connectivity index (χ1v) is 7.06. The predicted molar refractivity (Wildman–Crippen MR) is 86.0 cm³/mol. The van der Waals surface area contributed by atoms with E-state index < -0.39 is 0 Å². The quantitative estimate of drug-likeness (QED) is 0.623. The summed E-state index contributed by atoms with van der Waals surface area (Å²) in [6, 6.07) is 5.10. The number of fused-ring (bicyclic) bond motifs is 1. The van der Waals surface area contributed by atoms with Crippen molar-refractivity contribution < 1.29 is 9.53 Å². The zero-order valence-electron chi connectivity index (χ0n) is 12.5. The summed E-state index contributed by atoms with van der Waals surface area (Å²) in [4.78, 5) is 20.5. The Morgan fingerprint density at radius 2 is 2.17 bits per heavy atom. The van der Waals surface area contributed by atoms with Crippen molar-refractivity contribution in [3.8, 4) is 11.1 Å². The molecule has 0 aliphatic heterocycles. The lowest BCUT2D eigenvalue weighted by atomic mass is 10.1. The van der Waals surface area contributed by atoms with Gasteiger partial charge in [0.2, 0.25) is 0 Å². The second-order valence-electron chi connectivity index (χ2n) is 4.82. The van der Waals surface area contributed by atoms with E-state index in [0.29, 0.717) is 24.5 Å². The molecule has 0 aliphatic rings. The number of pyridine rings is 2. The Balaban J connectivity index is 1.78. The number of amides is 2. The number of nitrogens with one attached hydrogen (secondary N) is 3. The molecule has 118 valence electrons. The number of urea groups is 1. The van der Waals surface area contributed by atoms with Crippen LogP contribution in [0.4, 0.5) is 10.6 Å². The zero-order chi connectivity index (χ0) is 16.1. The first-order chi connectivity index (χ1) is 11.3. The molecule has 23 heavy (non-hydrogen) atoms. The predicted octanol–water partition coefficient (Wildman–Crippen LogP) is 1.79. The number of methoxy groups -OCH3 is 1. The molecule has 0 aliphatic carbocycles. The highest BCUT2D eigenvalue weighted by Crippen LogP contribution is 2.21. The van der Waals surface area contributed by atoms with E-state index in [1.165, 1.54) is 0 Å². The van der Waals surface area contributed by atoms with Gasteiger partial charge in [0.15, 0.2) is 0 Å². The number of anilines is 1. The molecule has 8 nitrogen and oxygen atoms in total. The van der Waals surface area contributed by atoms with E-state index in [0.717, 1.165) is 16.6 Å². The number of hydrogen-bond acceptors (Lipinski definition) is 5. The number of carbonyl (C=O) groups excluding carboxylic acids is 1. The van der Waals surface area contributed by atoms with Crippen LogP contribution in [0, 0.1) is 0 Å². The van der Waals surface area contributed by atoms with E-state index in [1.807, 2.05) is 12.1 Å². The summed E-state index contributed by atoms with van der Waals surface area (Å²) in [5, 5.41) is 12.0. The normalized spacial score (nSPS) is 10.7. The van der Waals surface area contributed by atoms with E-state index >= 15 is 0 Å². The monoisotopic (exact) mass is 312 g/mol. The summed E-state index contributed by atoms with van der Waals surface area (Å²) < 4.78 is 4.87. The van der Waals surface area contributed by atoms with E-state index in [-0.39, 0.29) is 6.03 Å². The number of nitrogens with zero attached hydrogens (tertiary/aromatic N) is 3. The number of rotatable bonds is 5. The van der Waals surface area contributed by atoms with Gasteiger partial charge in [-0.1, -0.05) is 0 Å². The first-order valence-electron chi connectivity index (χ1n) is 7.06. The highest BCUT2D eigenvalue weighted by atomic mass is 16.5. The number of hydrogen-bond donors (Lipinski definition) is 3. The Morgan fingerprint density at radius 1 is 1.26 bits per heavy atom. The number of carbonyl (C=O) groups is 1. The number of aromatic nitrogens is 4. The summed E-state index contributed by atoms with van der Waals surface area (Å²) in [6.07, 6.45) is 5.27. The van der Waals surface area contributed by atoms with Crippen molar-refractivity contribution in [2.75, 3.05) is 25.6 Å². The summed E-state index contributed by atoms with van der Waals surface area (Å²) in [5.41, 5.74) is 3.28. The summed E-state index contributed by atoms with van der Waals surface area (Å²) in [6.45, 7) is 0.888. The number of H-pyrrole nitrogens is 1. The summed E-state index contributed by atoms with van der Waals surface area (Å²) in [7, 11) is 1.58. The van der Waals surface area contributed by atoms with Gasteiger partial charge < -0.3 is 10.1 Å². The minimum absolute atomic E-state index is 0.326. The van der Waals surface area contributed by atoms with Crippen LogP contribution in [-0.4, -0.2) is 46.5 Å².